The van der Waals surface area contributed by atoms with Crippen LogP contribution in [0.4, 0.5) is 8.78 Å². The molecule has 0 amide bonds. The first-order valence-corrected chi connectivity index (χ1v) is 5.63. The summed E-state index contributed by atoms with van der Waals surface area (Å²) < 4.78 is 46.5. The lowest BCUT2D eigenvalue weighted by molar-refractivity contribution is 0.142. The van der Waals surface area contributed by atoms with Crippen molar-refractivity contribution in [3.05, 3.63) is 22.4 Å². The Kier molecular flexibility index (Phi) is 3.17. The Bertz CT molecular complexity index is 449. The molecule has 1 heterocycles. The maximum absolute atomic E-state index is 12.3. The smallest absolute Gasteiger partial charge is 0.238 e. The molecule has 0 unspecified atom stereocenters. The minimum atomic E-state index is -4.16. The van der Waals surface area contributed by atoms with Gasteiger partial charge in [0.25, 0.3) is 6.43 Å². The molecule has 0 aromatic carbocycles. The summed E-state index contributed by atoms with van der Waals surface area (Å²) in [6, 6.07) is 2.21. The average Bonchev–Trinajstić information content (AvgIpc) is 2.01. The Hall–Kier alpha value is -0.600. The number of halogens is 3. The number of hydrogen-bond acceptors (Lipinski definition) is 3. The molecule has 0 spiro atoms. The number of alkyl halides is 2. The van der Waals surface area contributed by atoms with Crippen LogP contribution in [0.2, 0.25) is 0 Å². The fraction of sp³-hybridized carbons (Fsp3) is 0.167. The molecule has 0 aliphatic carbocycles. The Morgan fingerprint density at radius 1 is 1.43 bits per heavy atom. The Labute approximate surface area is 87.3 Å². The molecule has 4 nitrogen and oxygen atoms in total. The molecule has 0 radical (unpaired) electrons. The van der Waals surface area contributed by atoms with Gasteiger partial charge in [-0.15, -0.1) is 0 Å². The van der Waals surface area contributed by atoms with Gasteiger partial charge < -0.3 is 0 Å². The normalized spacial score (nSPS) is 12.1. The van der Waals surface area contributed by atoms with E-state index in [1.807, 2.05) is 0 Å². The summed E-state index contributed by atoms with van der Waals surface area (Å²) in [5.74, 6) is 0. The van der Waals surface area contributed by atoms with Gasteiger partial charge in [-0.25, -0.2) is 27.3 Å². The molecule has 1 aromatic rings. The summed E-state index contributed by atoms with van der Waals surface area (Å²) >= 11 is 2.85. The van der Waals surface area contributed by atoms with Crippen molar-refractivity contribution in [1.29, 1.82) is 0 Å². The maximum Gasteiger partial charge on any atom is 0.281 e. The number of aromatic nitrogens is 1. The molecule has 78 valence electrons. The Morgan fingerprint density at radius 3 is 2.43 bits per heavy atom. The zero-order valence-electron chi connectivity index (χ0n) is 6.62. The van der Waals surface area contributed by atoms with Crippen LogP contribution in [0.15, 0.2) is 21.6 Å². The molecular weight excluding hydrogens is 282 g/mol. The molecule has 8 heteroatoms. The van der Waals surface area contributed by atoms with E-state index in [0.717, 1.165) is 6.07 Å². The third-order valence-electron chi connectivity index (χ3n) is 1.37. The van der Waals surface area contributed by atoms with Crippen LogP contribution in [-0.2, 0) is 10.0 Å². The van der Waals surface area contributed by atoms with Crippen molar-refractivity contribution in [2.24, 2.45) is 5.14 Å². The highest BCUT2D eigenvalue weighted by atomic mass is 79.9. The van der Waals surface area contributed by atoms with E-state index >= 15 is 0 Å². The summed E-state index contributed by atoms with van der Waals surface area (Å²) in [5.41, 5.74) is -0.845. The van der Waals surface area contributed by atoms with Gasteiger partial charge in [0.05, 0.1) is 0 Å². The van der Waals surface area contributed by atoms with Gasteiger partial charge in [0.1, 0.15) is 15.2 Å². The molecule has 0 aliphatic rings. The topological polar surface area (TPSA) is 73.1 Å². The van der Waals surface area contributed by atoms with Crippen molar-refractivity contribution in [3.63, 3.8) is 0 Å². The van der Waals surface area contributed by atoms with Gasteiger partial charge in [-0.05, 0) is 28.1 Å². The number of sulfonamides is 1. The van der Waals surface area contributed by atoms with Crippen molar-refractivity contribution in [3.8, 4) is 0 Å². The molecule has 14 heavy (non-hydrogen) atoms. The number of nitrogens with zero attached hydrogens (tertiary/aromatic N) is 1. The van der Waals surface area contributed by atoms with Crippen molar-refractivity contribution in [2.45, 2.75) is 11.3 Å². The van der Waals surface area contributed by atoms with Gasteiger partial charge in [0, 0.05) is 0 Å². The van der Waals surface area contributed by atoms with Crippen molar-refractivity contribution < 1.29 is 17.2 Å². The summed E-state index contributed by atoms with van der Waals surface area (Å²) in [7, 11) is -4.16. The van der Waals surface area contributed by atoms with Crippen LogP contribution in [-0.4, -0.2) is 13.4 Å². The van der Waals surface area contributed by atoms with Crippen LogP contribution in [0.3, 0.4) is 0 Å². The van der Waals surface area contributed by atoms with Crippen molar-refractivity contribution in [2.75, 3.05) is 0 Å². The van der Waals surface area contributed by atoms with Crippen LogP contribution < -0.4 is 5.14 Å². The van der Waals surface area contributed by atoms with E-state index in [1.54, 1.807) is 0 Å². The van der Waals surface area contributed by atoms with E-state index in [4.69, 9.17) is 5.14 Å². The van der Waals surface area contributed by atoms with Gasteiger partial charge in [-0.1, -0.05) is 0 Å². The second-order valence-corrected chi connectivity index (χ2v) is 4.71. The van der Waals surface area contributed by atoms with Gasteiger partial charge >= 0.3 is 0 Å². The second kappa shape index (κ2) is 3.87. The monoisotopic (exact) mass is 286 g/mol. The van der Waals surface area contributed by atoms with Crippen molar-refractivity contribution in [1.82, 2.24) is 4.98 Å². The number of rotatable bonds is 2. The first-order chi connectivity index (χ1) is 6.32. The lowest BCUT2D eigenvalue weighted by atomic mass is 10.4. The summed E-state index contributed by atoms with van der Waals surface area (Å²) in [6.45, 7) is 0. The fourth-order valence-corrected chi connectivity index (χ4v) is 1.84. The Balaban J connectivity index is 3.45. The summed E-state index contributed by atoms with van der Waals surface area (Å²) in [5, 5.41) is 4.73. The molecule has 0 saturated carbocycles. The molecular formula is C6H5BrF2N2O2S. The molecule has 0 saturated heterocycles. The third kappa shape index (κ3) is 2.46. The second-order valence-electron chi connectivity index (χ2n) is 2.36. The highest BCUT2D eigenvalue weighted by Gasteiger charge is 2.22. The number of pyridine rings is 1. The first-order valence-electron chi connectivity index (χ1n) is 3.30. The molecule has 0 fully saturated rings. The van der Waals surface area contributed by atoms with Crippen LogP contribution in [0, 0.1) is 0 Å². The predicted octanol–water partition coefficient (Wildman–Crippen LogP) is 1.43. The molecule has 1 aromatic heterocycles. The van der Waals surface area contributed by atoms with Crippen LogP contribution in [0.5, 0.6) is 0 Å². The molecule has 1 rings (SSSR count). The predicted molar refractivity (Wildman–Crippen MR) is 48.3 cm³/mol. The van der Waals surface area contributed by atoms with E-state index < -0.39 is 27.0 Å². The SMILES string of the molecule is NS(=O)(=O)c1ccc(Br)nc1C(F)F. The Morgan fingerprint density at radius 2 is 2.00 bits per heavy atom. The van der Waals surface area contributed by atoms with Crippen LogP contribution in [0.25, 0.3) is 0 Å². The largest absolute Gasteiger partial charge is 0.281 e. The molecule has 0 aliphatic heterocycles. The van der Waals surface area contributed by atoms with E-state index in [1.165, 1.54) is 6.07 Å². The third-order valence-corrected chi connectivity index (χ3v) is 2.77. The summed E-state index contributed by atoms with van der Waals surface area (Å²) in [6.07, 6.45) is -2.99. The van der Waals surface area contributed by atoms with Gasteiger partial charge in [0.2, 0.25) is 10.0 Å². The molecule has 0 atom stereocenters. The fourth-order valence-electron chi connectivity index (χ4n) is 0.834. The quantitative estimate of drug-likeness (QED) is 0.836. The van der Waals surface area contributed by atoms with Crippen molar-refractivity contribution >= 4 is 26.0 Å². The first kappa shape index (κ1) is 11.5. The number of nitrogens with two attached hydrogens (primary N) is 1. The van der Waals surface area contributed by atoms with Gasteiger partial charge in [-0.3, -0.25) is 0 Å². The molecule has 2 N–H and O–H groups in total. The maximum atomic E-state index is 12.3. The average molecular weight is 287 g/mol. The van der Waals surface area contributed by atoms with Gasteiger partial charge in [0.15, 0.2) is 0 Å². The minimum Gasteiger partial charge on any atom is -0.238 e. The van der Waals surface area contributed by atoms with E-state index in [-0.39, 0.29) is 4.60 Å². The van der Waals surface area contributed by atoms with E-state index in [9.17, 15) is 17.2 Å². The number of hydrogen-bond donors (Lipinski definition) is 1. The minimum absolute atomic E-state index is 0.125. The van der Waals surface area contributed by atoms with E-state index in [2.05, 4.69) is 20.9 Å². The zero-order chi connectivity index (χ0) is 10.9. The highest BCUT2D eigenvalue weighted by Crippen LogP contribution is 2.25. The summed E-state index contributed by atoms with van der Waals surface area (Å²) in [4.78, 5) is 2.69. The molecule has 0 bridgehead atoms. The number of primary sulfonamides is 1. The zero-order valence-corrected chi connectivity index (χ0v) is 9.02. The van der Waals surface area contributed by atoms with Crippen LogP contribution in [0.1, 0.15) is 12.1 Å². The van der Waals surface area contributed by atoms with Crippen LogP contribution >= 0.6 is 15.9 Å². The lowest BCUT2D eigenvalue weighted by Gasteiger charge is -2.05. The lowest BCUT2D eigenvalue weighted by Crippen LogP contribution is -2.15. The highest BCUT2D eigenvalue weighted by molar-refractivity contribution is 9.10. The van der Waals surface area contributed by atoms with E-state index in [0.29, 0.717) is 0 Å². The standard InChI is InChI=1S/C6H5BrF2N2O2S/c7-4-2-1-3(14(10,12)13)5(11-4)6(8)9/h1-2,6H,(H2,10,12,13). The van der Waals surface area contributed by atoms with Gasteiger partial charge in [-0.2, -0.15) is 0 Å².